The highest BCUT2D eigenvalue weighted by atomic mass is 32.2. The first kappa shape index (κ1) is 21.2. The molecule has 3 aromatic rings. The van der Waals surface area contributed by atoms with Crippen LogP contribution in [-0.2, 0) is 32.4 Å². The van der Waals surface area contributed by atoms with E-state index >= 15 is 0 Å². The SMILES string of the molecule is CC(OC(=O)c1cc2c(s1)-c1ccccc1CC2)C(=O)Nc1ccc(S(N)(=O)=O)cc1. The second-order valence-electron chi connectivity index (χ2n) is 7.23. The number of hydrogen-bond acceptors (Lipinski definition) is 6. The number of carbonyl (C=O) groups excluding carboxylic acids is 2. The van der Waals surface area contributed by atoms with E-state index in [1.165, 1.54) is 48.1 Å². The van der Waals surface area contributed by atoms with Gasteiger partial charge in [-0.2, -0.15) is 0 Å². The van der Waals surface area contributed by atoms with E-state index in [0.29, 0.717) is 10.6 Å². The fourth-order valence-corrected chi connectivity index (χ4v) is 5.09. The number of nitrogens with two attached hydrogens (primary N) is 1. The number of ether oxygens (including phenoxy) is 1. The van der Waals surface area contributed by atoms with Crippen LogP contribution in [0.15, 0.2) is 59.5 Å². The highest BCUT2D eigenvalue weighted by Crippen LogP contribution is 2.39. The molecule has 0 bridgehead atoms. The standard InChI is InChI=1S/C22H20N2O5S2/c1-13(21(25)24-16-8-10-17(11-9-16)31(23,27)28)29-22(26)19-12-15-7-6-14-4-2-3-5-18(14)20(15)30-19/h2-5,8-13H,6-7H2,1H3,(H,24,25)(H2,23,27,28). The van der Waals surface area contributed by atoms with Gasteiger partial charge in [0, 0.05) is 10.6 Å². The van der Waals surface area contributed by atoms with Crippen LogP contribution < -0.4 is 10.5 Å². The molecule has 2 aromatic carbocycles. The summed E-state index contributed by atoms with van der Waals surface area (Å²) in [6.07, 6.45) is 0.759. The molecule has 3 N–H and O–H groups in total. The Morgan fingerprint density at radius 1 is 1.06 bits per heavy atom. The summed E-state index contributed by atoms with van der Waals surface area (Å²) in [4.78, 5) is 26.5. The van der Waals surface area contributed by atoms with Gasteiger partial charge in [0.05, 0.1) is 4.90 Å². The number of sulfonamides is 1. The van der Waals surface area contributed by atoms with Crippen molar-refractivity contribution < 1.29 is 22.7 Å². The quantitative estimate of drug-likeness (QED) is 0.571. The third kappa shape index (κ3) is 4.53. The van der Waals surface area contributed by atoms with Gasteiger partial charge in [0.25, 0.3) is 5.91 Å². The van der Waals surface area contributed by atoms with Crippen molar-refractivity contribution >= 4 is 38.9 Å². The van der Waals surface area contributed by atoms with Crippen LogP contribution >= 0.6 is 11.3 Å². The van der Waals surface area contributed by atoms with E-state index in [9.17, 15) is 18.0 Å². The third-order valence-corrected chi connectivity index (χ3v) is 7.16. The van der Waals surface area contributed by atoms with Crippen LogP contribution in [0.3, 0.4) is 0 Å². The predicted molar refractivity (Wildman–Crippen MR) is 118 cm³/mol. The van der Waals surface area contributed by atoms with Crippen LogP contribution in [0, 0.1) is 0 Å². The molecule has 1 amide bonds. The zero-order chi connectivity index (χ0) is 22.2. The Morgan fingerprint density at radius 2 is 1.74 bits per heavy atom. The zero-order valence-corrected chi connectivity index (χ0v) is 18.3. The molecule has 1 aliphatic carbocycles. The molecule has 0 saturated carbocycles. The number of primary sulfonamides is 1. The molecule has 1 aliphatic rings. The molecule has 0 fully saturated rings. The molecular formula is C22H20N2O5S2. The first-order valence-corrected chi connectivity index (χ1v) is 11.9. The van der Waals surface area contributed by atoms with Crippen molar-refractivity contribution in [2.45, 2.75) is 30.8 Å². The van der Waals surface area contributed by atoms with Crippen molar-refractivity contribution in [3.63, 3.8) is 0 Å². The van der Waals surface area contributed by atoms with Gasteiger partial charge in [-0.15, -0.1) is 11.3 Å². The number of rotatable bonds is 5. The summed E-state index contributed by atoms with van der Waals surface area (Å²) in [6.45, 7) is 1.48. The number of amides is 1. The molecule has 0 aliphatic heterocycles. The van der Waals surface area contributed by atoms with Crippen molar-refractivity contribution in [3.8, 4) is 10.4 Å². The molecule has 1 unspecified atom stereocenters. The van der Waals surface area contributed by atoms with Gasteiger partial charge in [0.2, 0.25) is 10.0 Å². The first-order chi connectivity index (χ1) is 14.7. The van der Waals surface area contributed by atoms with Crippen LogP contribution in [0.1, 0.15) is 27.7 Å². The molecule has 0 spiro atoms. The molecule has 0 saturated heterocycles. The van der Waals surface area contributed by atoms with Gasteiger partial charge < -0.3 is 10.1 Å². The minimum absolute atomic E-state index is 0.0618. The van der Waals surface area contributed by atoms with E-state index in [4.69, 9.17) is 9.88 Å². The lowest BCUT2D eigenvalue weighted by molar-refractivity contribution is -0.123. The minimum atomic E-state index is -3.81. The lowest BCUT2D eigenvalue weighted by Gasteiger charge is -2.15. The Bertz CT molecular complexity index is 1260. The molecule has 1 atom stereocenters. The van der Waals surface area contributed by atoms with E-state index in [2.05, 4.69) is 17.4 Å². The maximum absolute atomic E-state index is 12.6. The Hall–Kier alpha value is -3.01. The summed E-state index contributed by atoms with van der Waals surface area (Å²) in [5.41, 5.74) is 3.88. The van der Waals surface area contributed by atoms with Crippen LogP contribution in [0.25, 0.3) is 10.4 Å². The Morgan fingerprint density at radius 3 is 2.45 bits per heavy atom. The van der Waals surface area contributed by atoms with E-state index in [1.54, 1.807) is 0 Å². The van der Waals surface area contributed by atoms with Crippen LogP contribution in [-0.4, -0.2) is 26.4 Å². The monoisotopic (exact) mass is 456 g/mol. The number of thiophene rings is 1. The average Bonchev–Trinajstić information content (AvgIpc) is 3.18. The van der Waals surface area contributed by atoms with Gasteiger partial charge in [-0.3, -0.25) is 4.79 Å². The molecule has 1 aromatic heterocycles. The summed E-state index contributed by atoms with van der Waals surface area (Å²) in [5, 5.41) is 7.65. The van der Waals surface area contributed by atoms with E-state index < -0.39 is 28.0 Å². The Labute approximate surface area is 183 Å². The summed E-state index contributed by atoms with van der Waals surface area (Å²) in [5.74, 6) is -1.08. The average molecular weight is 457 g/mol. The molecule has 0 radical (unpaired) electrons. The largest absolute Gasteiger partial charge is 0.448 e. The van der Waals surface area contributed by atoms with Crippen LogP contribution in [0.5, 0.6) is 0 Å². The van der Waals surface area contributed by atoms with Crippen LogP contribution in [0.2, 0.25) is 0 Å². The minimum Gasteiger partial charge on any atom is -0.448 e. The van der Waals surface area contributed by atoms with Crippen molar-refractivity contribution in [2.24, 2.45) is 5.14 Å². The van der Waals surface area contributed by atoms with Crippen molar-refractivity contribution in [1.29, 1.82) is 0 Å². The van der Waals surface area contributed by atoms with Gasteiger partial charge in [0.15, 0.2) is 6.10 Å². The van der Waals surface area contributed by atoms with Gasteiger partial charge in [-0.1, -0.05) is 24.3 Å². The molecular weight excluding hydrogens is 436 g/mol. The summed E-state index contributed by atoms with van der Waals surface area (Å²) < 4.78 is 28.0. The van der Waals surface area contributed by atoms with Gasteiger partial charge in [-0.25, -0.2) is 18.4 Å². The van der Waals surface area contributed by atoms with Crippen molar-refractivity contribution in [2.75, 3.05) is 5.32 Å². The second-order valence-corrected chi connectivity index (χ2v) is 9.84. The summed E-state index contributed by atoms with van der Waals surface area (Å²) >= 11 is 1.37. The fraction of sp³-hybridized carbons (Fsp3) is 0.182. The van der Waals surface area contributed by atoms with E-state index in [1.807, 2.05) is 18.2 Å². The fourth-order valence-electron chi connectivity index (χ4n) is 3.42. The Kier molecular flexibility index (Phi) is 5.65. The summed E-state index contributed by atoms with van der Waals surface area (Å²) in [7, 11) is -3.81. The zero-order valence-electron chi connectivity index (χ0n) is 16.6. The molecule has 31 heavy (non-hydrogen) atoms. The number of nitrogens with one attached hydrogen (secondary N) is 1. The number of carbonyl (C=O) groups is 2. The lowest BCUT2D eigenvalue weighted by Crippen LogP contribution is -2.29. The number of hydrogen-bond donors (Lipinski definition) is 2. The number of fused-ring (bicyclic) bond motifs is 3. The van der Waals surface area contributed by atoms with Crippen LogP contribution in [0.4, 0.5) is 5.69 Å². The van der Waals surface area contributed by atoms with E-state index in [-0.39, 0.29) is 4.90 Å². The van der Waals surface area contributed by atoms with Gasteiger partial charge >= 0.3 is 5.97 Å². The second kappa shape index (κ2) is 8.26. The smallest absolute Gasteiger partial charge is 0.349 e. The van der Waals surface area contributed by atoms with E-state index in [0.717, 1.165) is 28.8 Å². The molecule has 160 valence electrons. The topological polar surface area (TPSA) is 116 Å². The third-order valence-electron chi connectivity index (χ3n) is 5.04. The first-order valence-electron chi connectivity index (χ1n) is 9.58. The van der Waals surface area contributed by atoms with Crippen molar-refractivity contribution in [1.82, 2.24) is 0 Å². The van der Waals surface area contributed by atoms with Crippen molar-refractivity contribution in [3.05, 3.63) is 70.6 Å². The van der Waals surface area contributed by atoms with Gasteiger partial charge in [-0.05, 0) is 66.8 Å². The number of esters is 1. The Balaban J connectivity index is 1.42. The predicted octanol–water partition coefficient (Wildman–Crippen LogP) is 3.35. The highest BCUT2D eigenvalue weighted by molar-refractivity contribution is 7.89. The lowest BCUT2D eigenvalue weighted by atomic mass is 9.91. The normalized spacial score (nSPS) is 13.6. The number of anilines is 1. The highest BCUT2D eigenvalue weighted by Gasteiger charge is 2.24. The molecule has 9 heteroatoms. The maximum Gasteiger partial charge on any atom is 0.349 e. The number of benzene rings is 2. The molecule has 7 nitrogen and oxygen atoms in total. The van der Waals surface area contributed by atoms with Gasteiger partial charge in [0.1, 0.15) is 4.88 Å². The maximum atomic E-state index is 12.6. The number of aryl methyl sites for hydroxylation is 2. The summed E-state index contributed by atoms with van der Waals surface area (Å²) in [6, 6.07) is 15.4. The molecule has 4 rings (SSSR count). The molecule has 1 heterocycles.